The quantitative estimate of drug-likeness (QED) is 0.894. The Morgan fingerprint density at radius 1 is 1.32 bits per heavy atom. The van der Waals surface area contributed by atoms with Crippen molar-refractivity contribution in [1.29, 1.82) is 0 Å². The molecule has 0 bridgehead atoms. The highest BCUT2D eigenvalue weighted by Crippen LogP contribution is 2.32. The number of ether oxygens (including phenoxy) is 1. The van der Waals surface area contributed by atoms with Crippen molar-refractivity contribution in [3.05, 3.63) is 28.2 Å². The summed E-state index contributed by atoms with van der Waals surface area (Å²) in [5.41, 5.74) is 8.35. The maximum atomic E-state index is 6.06. The molecule has 1 aromatic rings. The minimum atomic E-state index is -0.0652. The third kappa shape index (κ3) is 3.71. The topological polar surface area (TPSA) is 47.3 Å². The van der Waals surface area contributed by atoms with Gasteiger partial charge in [0, 0.05) is 16.7 Å². The van der Waals surface area contributed by atoms with Crippen molar-refractivity contribution in [3.63, 3.8) is 0 Å². The van der Waals surface area contributed by atoms with E-state index in [-0.39, 0.29) is 17.7 Å². The molecule has 106 valence electrons. The van der Waals surface area contributed by atoms with E-state index < -0.39 is 0 Å². The van der Waals surface area contributed by atoms with E-state index in [0.29, 0.717) is 6.54 Å². The molecule has 2 unspecified atom stereocenters. The summed E-state index contributed by atoms with van der Waals surface area (Å²) < 4.78 is 6.92. The van der Waals surface area contributed by atoms with Crippen LogP contribution in [-0.4, -0.2) is 24.3 Å². The molecular weight excluding hydrogens is 304 g/mol. The van der Waals surface area contributed by atoms with Crippen LogP contribution in [0.3, 0.4) is 0 Å². The smallest absolute Gasteiger partial charge is 0.0573 e. The largest absolute Gasteiger partial charge is 0.378 e. The van der Waals surface area contributed by atoms with Gasteiger partial charge in [0.1, 0.15) is 0 Å². The Morgan fingerprint density at radius 2 is 1.95 bits per heavy atom. The molecule has 0 amide bonds. The van der Waals surface area contributed by atoms with E-state index in [2.05, 4.69) is 60.2 Å². The van der Waals surface area contributed by atoms with Crippen LogP contribution in [0.25, 0.3) is 0 Å². The van der Waals surface area contributed by atoms with Gasteiger partial charge in [-0.05, 0) is 57.4 Å². The summed E-state index contributed by atoms with van der Waals surface area (Å²) >= 11 is 3.55. The molecule has 0 saturated carbocycles. The molecule has 1 heterocycles. The van der Waals surface area contributed by atoms with Crippen molar-refractivity contribution < 1.29 is 4.74 Å². The lowest BCUT2D eigenvalue weighted by molar-refractivity contribution is -0.0536. The predicted molar refractivity (Wildman–Crippen MR) is 83.5 cm³/mol. The summed E-state index contributed by atoms with van der Waals surface area (Å²) in [6, 6.07) is 6.37. The first-order valence-electron chi connectivity index (χ1n) is 6.83. The molecule has 4 heteroatoms. The van der Waals surface area contributed by atoms with E-state index in [4.69, 9.17) is 10.5 Å². The highest BCUT2D eigenvalue weighted by molar-refractivity contribution is 9.10. The van der Waals surface area contributed by atoms with Crippen molar-refractivity contribution in [3.8, 4) is 0 Å². The number of nitrogens with one attached hydrogen (secondary N) is 1. The Hall–Kier alpha value is -0.580. The Balaban J connectivity index is 2.22. The van der Waals surface area contributed by atoms with Gasteiger partial charge in [-0.2, -0.15) is 0 Å². The molecule has 19 heavy (non-hydrogen) atoms. The lowest BCUT2D eigenvalue weighted by Crippen LogP contribution is -2.53. The van der Waals surface area contributed by atoms with Gasteiger partial charge >= 0.3 is 0 Å². The van der Waals surface area contributed by atoms with E-state index in [0.717, 1.165) is 23.0 Å². The molecule has 2 atom stereocenters. The number of nitrogens with two attached hydrogens (primary N) is 1. The molecule has 1 aliphatic heterocycles. The third-order valence-electron chi connectivity index (χ3n) is 3.66. The molecule has 1 saturated heterocycles. The first-order chi connectivity index (χ1) is 8.92. The number of benzene rings is 1. The van der Waals surface area contributed by atoms with Gasteiger partial charge in [0.15, 0.2) is 0 Å². The average Bonchev–Trinajstić information content (AvgIpc) is 2.25. The molecule has 1 fully saturated rings. The summed E-state index contributed by atoms with van der Waals surface area (Å²) in [5.74, 6) is 0. The van der Waals surface area contributed by atoms with Gasteiger partial charge in [-0.25, -0.2) is 0 Å². The second-order valence-corrected chi connectivity index (χ2v) is 6.71. The second kappa shape index (κ2) is 5.81. The monoisotopic (exact) mass is 326 g/mol. The zero-order chi connectivity index (χ0) is 14.0. The van der Waals surface area contributed by atoms with Crippen LogP contribution in [0.1, 0.15) is 32.3 Å². The van der Waals surface area contributed by atoms with Gasteiger partial charge in [0.05, 0.1) is 17.7 Å². The zero-order valence-electron chi connectivity index (χ0n) is 11.9. The van der Waals surface area contributed by atoms with Crippen LogP contribution in [0.5, 0.6) is 0 Å². The number of hydrogen-bond donors (Lipinski definition) is 2. The Labute approximate surface area is 124 Å². The van der Waals surface area contributed by atoms with Crippen LogP contribution in [-0.2, 0) is 4.74 Å². The van der Waals surface area contributed by atoms with E-state index in [1.54, 1.807) is 0 Å². The van der Waals surface area contributed by atoms with Crippen molar-refractivity contribution >= 4 is 21.6 Å². The number of hydrogen-bond acceptors (Lipinski definition) is 3. The van der Waals surface area contributed by atoms with E-state index >= 15 is 0 Å². The van der Waals surface area contributed by atoms with Crippen molar-refractivity contribution in [1.82, 2.24) is 0 Å². The minimum absolute atomic E-state index is 0.0652. The predicted octanol–water partition coefficient (Wildman–Crippen LogP) is 3.45. The van der Waals surface area contributed by atoms with Crippen molar-refractivity contribution in [2.24, 2.45) is 5.73 Å². The standard InChI is InChI=1S/C15H23BrN2O/c1-10-4-13(16)6-14(5-10)18-15(9-17)7-11(2)19-12(3)8-15/h4-6,11-12,18H,7-9,17H2,1-3H3. The van der Waals surface area contributed by atoms with Crippen molar-refractivity contribution in [2.45, 2.75) is 51.4 Å². The number of halogens is 1. The minimum Gasteiger partial charge on any atom is -0.378 e. The third-order valence-corrected chi connectivity index (χ3v) is 4.12. The maximum absolute atomic E-state index is 6.06. The fourth-order valence-electron chi connectivity index (χ4n) is 3.11. The molecule has 3 N–H and O–H groups in total. The molecular formula is C15H23BrN2O. The molecule has 0 spiro atoms. The summed E-state index contributed by atoms with van der Waals surface area (Å²) in [4.78, 5) is 0. The molecule has 0 radical (unpaired) electrons. The van der Waals surface area contributed by atoms with Gasteiger partial charge in [-0.1, -0.05) is 15.9 Å². The van der Waals surface area contributed by atoms with Gasteiger partial charge < -0.3 is 15.8 Å². The average molecular weight is 327 g/mol. The van der Waals surface area contributed by atoms with E-state index in [9.17, 15) is 0 Å². The van der Waals surface area contributed by atoms with Gasteiger partial charge in [0.2, 0.25) is 0 Å². The normalized spacial score (nSPS) is 31.2. The Morgan fingerprint density at radius 3 is 2.47 bits per heavy atom. The van der Waals surface area contributed by atoms with Gasteiger partial charge in [-0.15, -0.1) is 0 Å². The van der Waals surface area contributed by atoms with Crippen LogP contribution < -0.4 is 11.1 Å². The zero-order valence-corrected chi connectivity index (χ0v) is 13.5. The van der Waals surface area contributed by atoms with Crippen LogP contribution in [0.4, 0.5) is 5.69 Å². The number of aryl methyl sites for hydroxylation is 1. The van der Waals surface area contributed by atoms with Crippen LogP contribution in [0, 0.1) is 6.92 Å². The summed E-state index contributed by atoms with van der Waals surface area (Å²) in [6.45, 7) is 6.96. The summed E-state index contributed by atoms with van der Waals surface area (Å²) in [5, 5.41) is 3.65. The fraction of sp³-hybridized carbons (Fsp3) is 0.600. The molecule has 1 aliphatic rings. The molecule has 0 aliphatic carbocycles. The number of rotatable bonds is 3. The number of anilines is 1. The highest BCUT2D eigenvalue weighted by Gasteiger charge is 2.37. The molecule has 1 aromatic carbocycles. The Bertz CT molecular complexity index is 420. The molecule has 3 nitrogen and oxygen atoms in total. The SMILES string of the molecule is Cc1cc(Br)cc(NC2(CN)CC(C)OC(C)C2)c1. The van der Waals surface area contributed by atoms with E-state index in [1.165, 1.54) is 5.56 Å². The molecule has 2 rings (SSSR count). The van der Waals surface area contributed by atoms with Crippen LogP contribution in [0.2, 0.25) is 0 Å². The van der Waals surface area contributed by atoms with Gasteiger partial charge in [0.25, 0.3) is 0 Å². The molecule has 0 aromatic heterocycles. The first-order valence-corrected chi connectivity index (χ1v) is 7.63. The lowest BCUT2D eigenvalue weighted by Gasteiger charge is -2.43. The maximum Gasteiger partial charge on any atom is 0.0573 e. The summed E-state index contributed by atoms with van der Waals surface area (Å²) in [7, 11) is 0. The van der Waals surface area contributed by atoms with Crippen LogP contribution in [0.15, 0.2) is 22.7 Å². The first kappa shape index (κ1) is 14.8. The fourth-order valence-corrected chi connectivity index (χ4v) is 3.72. The van der Waals surface area contributed by atoms with Crippen LogP contribution >= 0.6 is 15.9 Å². The van der Waals surface area contributed by atoms with Crippen molar-refractivity contribution in [2.75, 3.05) is 11.9 Å². The lowest BCUT2D eigenvalue weighted by atomic mass is 9.84. The second-order valence-electron chi connectivity index (χ2n) is 5.79. The van der Waals surface area contributed by atoms with E-state index in [1.807, 2.05) is 0 Å². The summed E-state index contributed by atoms with van der Waals surface area (Å²) in [6.07, 6.45) is 2.37. The van der Waals surface area contributed by atoms with Gasteiger partial charge in [-0.3, -0.25) is 0 Å². The Kier molecular flexibility index (Phi) is 4.54. The highest BCUT2D eigenvalue weighted by atomic mass is 79.9.